The van der Waals surface area contributed by atoms with E-state index in [4.69, 9.17) is 33.6 Å². The molecule has 38 heavy (non-hydrogen) atoms. The quantitative estimate of drug-likeness (QED) is 0.211. The Hall–Kier alpha value is -3.41. The van der Waals surface area contributed by atoms with Crippen molar-refractivity contribution in [2.24, 2.45) is 4.40 Å². The van der Waals surface area contributed by atoms with Crippen molar-refractivity contribution in [2.75, 3.05) is 26.2 Å². The third-order valence-electron chi connectivity index (χ3n) is 5.81. The molecule has 0 spiro atoms. The molecular formula is C22H25N6O9S-. The molecule has 0 radical (unpaired) electrons. The van der Waals surface area contributed by atoms with Crippen molar-refractivity contribution < 1.29 is 41.4 Å². The second-order valence-electron chi connectivity index (χ2n) is 8.87. The number of imidazole rings is 1. The lowest BCUT2D eigenvalue weighted by Crippen LogP contribution is -2.33. The molecule has 1 aromatic carbocycles. The van der Waals surface area contributed by atoms with E-state index in [0.717, 1.165) is 0 Å². The van der Waals surface area contributed by atoms with Gasteiger partial charge in [0.1, 0.15) is 35.9 Å². The summed E-state index contributed by atoms with van der Waals surface area (Å²) in [5.74, 6) is -1.74. The number of nitrogens with two attached hydrogens (primary N) is 1. The fourth-order valence-electron chi connectivity index (χ4n) is 4.30. The summed E-state index contributed by atoms with van der Waals surface area (Å²) >= 11 is 0. The predicted molar refractivity (Wildman–Crippen MR) is 128 cm³/mol. The number of benzene rings is 1. The molecule has 1 unspecified atom stereocenters. The SMILES string of the molecule is COCOc1ccccc1/C([O-])=N/S(=O)(=O)OC[C@H]1O[C@@H](n2cnc3c(N)ncnc32)C2OC(C)(C)O[C@H]21. The molecule has 2 aliphatic rings. The summed E-state index contributed by atoms with van der Waals surface area (Å²) in [6, 6.07) is 6.02. The molecule has 2 saturated heterocycles. The lowest BCUT2D eigenvalue weighted by Gasteiger charge is -2.24. The molecule has 0 bridgehead atoms. The van der Waals surface area contributed by atoms with Gasteiger partial charge in [-0.3, -0.25) is 4.57 Å². The Morgan fingerprint density at radius 1 is 1.21 bits per heavy atom. The summed E-state index contributed by atoms with van der Waals surface area (Å²) in [7, 11) is -3.26. The number of hydrogen-bond acceptors (Lipinski definition) is 13. The fraction of sp³-hybridized carbons (Fsp3) is 0.455. The van der Waals surface area contributed by atoms with Gasteiger partial charge in [0.25, 0.3) is 0 Å². The van der Waals surface area contributed by atoms with Crippen molar-refractivity contribution >= 4 is 33.2 Å². The van der Waals surface area contributed by atoms with Crippen LogP contribution in [0, 0.1) is 0 Å². The highest BCUT2D eigenvalue weighted by molar-refractivity contribution is 7.85. The van der Waals surface area contributed by atoms with Crippen LogP contribution < -0.4 is 15.6 Å². The number of fused-ring (bicyclic) bond motifs is 2. The van der Waals surface area contributed by atoms with E-state index in [0.29, 0.717) is 11.2 Å². The highest BCUT2D eigenvalue weighted by Crippen LogP contribution is 2.44. The number of para-hydroxylation sites is 1. The Bertz CT molecular complexity index is 1460. The monoisotopic (exact) mass is 549 g/mol. The number of rotatable bonds is 9. The number of nitrogens with zero attached hydrogens (tertiary/aromatic N) is 5. The minimum atomic E-state index is -4.67. The van der Waals surface area contributed by atoms with Gasteiger partial charge in [-0.15, -0.1) is 0 Å². The topological polar surface area (TPSA) is 195 Å². The van der Waals surface area contributed by atoms with Crippen LogP contribution in [-0.4, -0.2) is 78.4 Å². The third kappa shape index (κ3) is 5.13. The van der Waals surface area contributed by atoms with Crippen LogP contribution in [0.5, 0.6) is 5.75 Å². The first-order valence-electron chi connectivity index (χ1n) is 11.4. The number of ether oxygens (including phenoxy) is 5. The van der Waals surface area contributed by atoms with Crippen LogP contribution in [0.2, 0.25) is 0 Å². The van der Waals surface area contributed by atoms with Gasteiger partial charge in [0.2, 0.25) is 0 Å². The summed E-state index contributed by atoms with van der Waals surface area (Å²) < 4.78 is 63.3. The van der Waals surface area contributed by atoms with Gasteiger partial charge in [-0.2, -0.15) is 12.8 Å². The van der Waals surface area contributed by atoms with Crippen LogP contribution in [0.3, 0.4) is 0 Å². The van der Waals surface area contributed by atoms with Gasteiger partial charge >= 0.3 is 10.3 Å². The third-order valence-corrected chi connectivity index (χ3v) is 6.64. The molecule has 2 aromatic heterocycles. The molecule has 4 heterocycles. The van der Waals surface area contributed by atoms with E-state index in [1.54, 1.807) is 30.5 Å². The van der Waals surface area contributed by atoms with Gasteiger partial charge < -0.3 is 34.5 Å². The first-order valence-corrected chi connectivity index (χ1v) is 12.8. The highest BCUT2D eigenvalue weighted by Gasteiger charge is 2.56. The molecule has 15 nitrogen and oxygen atoms in total. The molecule has 2 aliphatic heterocycles. The van der Waals surface area contributed by atoms with Crippen molar-refractivity contribution in [1.82, 2.24) is 19.5 Å². The Morgan fingerprint density at radius 2 is 1.97 bits per heavy atom. The highest BCUT2D eigenvalue weighted by atomic mass is 32.2. The van der Waals surface area contributed by atoms with E-state index < -0.39 is 53.1 Å². The van der Waals surface area contributed by atoms with Crippen molar-refractivity contribution in [2.45, 2.75) is 44.2 Å². The molecule has 16 heteroatoms. The molecule has 2 fully saturated rings. The van der Waals surface area contributed by atoms with E-state index in [1.165, 1.54) is 31.9 Å². The van der Waals surface area contributed by atoms with E-state index in [9.17, 15) is 13.5 Å². The molecule has 3 aromatic rings. The Morgan fingerprint density at radius 3 is 2.76 bits per heavy atom. The van der Waals surface area contributed by atoms with E-state index in [-0.39, 0.29) is 23.9 Å². The van der Waals surface area contributed by atoms with Crippen LogP contribution in [0.25, 0.3) is 11.2 Å². The summed E-state index contributed by atoms with van der Waals surface area (Å²) in [5.41, 5.74) is 6.60. The molecule has 2 N–H and O–H groups in total. The van der Waals surface area contributed by atoms with Crippen LogP contribution >= 0.6 is 0 Å². The minimum absolute atomic E-state index is 0.0727. The van der Waals surface area contributed by atoms with Gasteiger partial charge in [0, 0.05) is 18.6 Å². The first kappa shape index (κ1) is 26.2. The summed E-state index contributed by atoms with van der Waals surface area (Å²) in [5, 5.41) is 12.6. The fourth-order valence-corrected chi connectivity index (χ4v) is 4.96. The standard InChI is InChI=1S/C22H26N6O9S/c1-22(2)36-16-14(35-21(17(16)37-22)28-10-26-15-18(23)24-9-25-19(15)28)8-34-38(30,31)27-20(29)12-6-4-5-7-13(12)33-11-32-3/h4-7,9-10,14,16-17,21H,8,11H2,1-3H3,(H,27,29)(H2,23,24,25)/p-1/t14-,16+,17?,21-/m1/s1. The maximum atomic E-state index is 12.6. The first-order chi connectivity index (χ1) is 18.1. The minimum Gasteiger partial charge on any atom is -0.857 e. The van der Waals surface area contributed by atoms with E-state index in [1.807, 2.05) is 0 Å². The molecule has 5 rings (SSSR count). The Labute approximate surface area is 217 Å². The summed E-state index contributed by atoms with van der Waals surface area (Å²) in [6.45, 7) is 2.81. The summed E-state index contributed by atoms with van der Waals surface area (Å²) in [4.78, 5) is 12.4. The van der Waals surface area contributed by atoms with Crippen molar-refractivity contribution in [3.8, 4) is 5.75 Å². The largest absolute Gasteiger partial charge is 0.857 e. The average molecular weight is 550 g/mol. The second kappa shape index (κ2) is 10.0. The second-order valence-corrected chi connectivity index (χ2v) is 10.1. The van der Waals surface area contributed by atoms with Crippen LogP contribution in [0.1, 0.15) is 25.6 Å². The van der Waals surface area contributed by atoms with Crippen molar-refractivity contribution in [3.05, 3.63) is 42.5 Å². The van der Waals surface area contributed by atoms with Crippen LogP contribution in [0.4, 0.5) is 5.82 Å². The van der Waals surface area contributed by atoms with Gasteiger partial charge in [-0.05, 0) is 19.9 Å². The summed E-state index contributed by atoms with van der Waals surface area (Å²) in [6.07, 6.45) is -0.286. The lowest BCUT2D eigenvalue weighted by atomic mass is 10.1. The van der Waals surface area contributed by atoms with Crippen LogP contribution in [-0.2, 0) is 33.4 Å². The van der Waals surface area contributed by atoms with Gasteiger partial charge in [0.05, 0.1) is 12.9 Å². The average Bonchev–Trinajstić information content (AvgIpc) is 3.53. The molecule has 0 aliphatic carbocycles. The Kier molecular flexibility index (Phi) is 6.93. The number of anilines is 1. The zero-order valence-corrected chi connectivity index (χ0v) is 21.4. The van der Waals surface area contributed by atoms with Crippen molar-refractivity contribution in [3.63, 3.8) is 0 Å². The van der Waals surface area contributed by atoms with Crippen molar-refractivity contribution in [1.29, 1.82) is 0 Å². The number of aromatic nitrogens is 4. The van der Waals surface area contributed by atoms with Gasteiger partial charge in [-0.1, -0.05) is 18.2 Å². The predicted octanol–water partition coefficient (Wildman–Crippen LogP) is -0.123. The number of methoxy groups -OCH3 is 1. The van der Waals surface area contributed by atoms with E-state index in [2.05, 4.69) is 19.3 Å². The number of hydrogen-bond donors (Lipinski definition) is 1. The van der Waals surface area contributed by atoms with Crippen LogP contribution in [0.15, 0.2) is 41.3 Å². The lowest BCUT2D eigenvalue weighted by molar-refractivity contribution is -0.212. The molecule has 0 saturated carbocycles. The maximum Gasteiger partial charge on any atom is 0.380 e. The van der Waals surface area contributed by atoms with Gasteiger partial charge in [-0.25, -0.2) is 19.1 Å². The van der Waals surface area contributed by atoms with Gasteiger partial charge in [0.15, 0.2) is 30.3 Å². The Balaban J connectivity index is 1.35. The zero-order valence-electron chi connectivity index (χ0n) is 20.6. The maximum absolute atomic E-state index is 12.6. The molecular weight excluding hydrogens is 524 g/mol. The normalized spacial score (nSPS) is 25.1. The number of nitrogen functional groups attached to an aromatic ring is 1. The zero-order chi connectivity index (χ0) is 27.1. The molecule has 0 amide bonds. The molecule has 204 valence electrons. The van der Waals surface area contributed by atoms with E-state index >= 15 is 0 Å². The molecule has 4 atom stereocenters. The smallest absolute Gasteiger partial charge is 0.380 e.